The average Bonchev–Trinajstić information content (AvgIpc) is 2.69. The summed E-state index contributed by atoms with van der Waals surface area (Å²) in [7, 11) is -3.76. The van der Waals surface area contributed by atoms with Crippen LogP contribution in [0.15, 0.2) is 45.8 Å². The molecule has 0 aliphatic rings. The number of rotatable bonds is 10. The van der Waals surface area contributed by atoms with Crippen LogP contribution < -0.4 is 14.8 Å². The number of aryl methyl sites for hydroxylation is 1. The van der Waals surface area contributed by atoms with Gasteiger partial charge in [0.1, 0.15) is 16.4 Å². The zero-order chi connectivity index (χ0) is 22.3. The standard InChI is InChI=1S/C21H27BrN2O5S/c1-5-24(6-2)30(26,27)20-13-16(9-11-19(20)28-7-3)23-21(25)14-29-18-10-8-15(4)12-17(18)22/h8-13H,5-7,14H2,1-4H3,(H,23,25). The van der Waals surface area contributed by atoms with Crippen LogP contribution in [0.2, 0.25) is 0 Å². The number of anilines is 1. The minimum absolute atomic E-state index is 0.0213. The molecule has 7 nitrogen and oxygen atoms in total. The van der Waals surface area contributed by atoms with E-state index in [1.54, 1.807) is 39.0 Å². The Kier molecular flexibility index (Phi) is 8.69. The summed E-state index contributed by atoms with van der Waals surface area (Å²) >= 11 is 3.40. The summed E-state index contributed by atoms with van der Waals surface area (Å²) in [5.74, 6) is 0.396. The molecular weight excluding hydrogens is 472 g/mol. The van der Waals surface area contributed by atoms with Gasteiger partial charge in [-0.3, -0.25) is 4.79 Å². The van der Waals surface area contributed by atoms with E-state index in [0.29, 0.717) is 31.1 Å². The van der Waals surface area contributed by atoms with Crippen molar-refractivity contribution in [3.63, 3.8) is 0 Å². The highest BCUT2D eigenvalue weighted by molar-refractivity contribution is 9.10. The summed E-state index contributed by atoms with van der Waals surface area (Å²) in [4.78, 5) is 12.4. The van der Waals surface area contributed by atoms with Crippen LogP contribution in [0.5, 0.6) is 11.5 Å². The maximum atomic E-state index is 13.0. The second kappa shape index (κ2) is 10.8. The summed E-state index contributed by atoms with van der Waals surface area (Å²) < 4.78 is 39.2. The van der Waals surface area contributed by atoms with E-state index in [4.69, 9.17) is 9.47 Å². The highest BCUT2D eigenvalue weighted by Crippen LogP contribution is 2.30. The lowest BCUT2D eigenvalue weighted by Gasteiger charge is -2.21. The zero-order valence-corrected chi connectivity index (χ0v) is 20.0. The zero-order valence-electron chi connectivity index (χ0n) is 17.6. The maximum Gasteiger partial charge on any atom is 0.262 e. The van der Waals surface area contributed by atoms with Gasteiger partial charge in [0, 0.05) is 18.8 Å². The molecule has 0 spiro atoms. The SMILES string of the molecule is CCOc1ccc(NC(=O)COc2ccc(C)cc2Br)cc1S(=O)(=O)N(CC)CC. The Morgan fingerprint density at radius 1 is 1.03 bits per heavy atom. The van der Waals surface area contributed by atoms with Crippen LogP contribution in [0.1, 0.15) is 26.3 Å². The molecule has 0 aliphatic carbocycles. The minimum Gasteiger partial charge on any atom is -0.492 e. The number of amides is 1. The third-order valence-corrected chi connectivity index (χ3v) is 6.99. The molecule has 0 aromatic heterocycles. The predicted octanol–water partition coefficient (Wildman–Crippen LogP) is 4.20. The van der Waals surface area contributed by atoms with E-state index < -0.39 is 15.9 Å². The fourth-order valence-electron chi connectivity index (χ4n) is 2.83. The van der Waals surface area contributed by atoms with E-state index in [9.17, 15) is 13.2 Å². The molecule has 0 unspecified atom stereocenters. The molecule has 9 heteroatoms. The molecule has 0 atom stereocenters. The molecule has 1 amide bonds. The van der Waals surface area contributed by atoms with Crippen molar-refractivity contribution in [3.05, 3.63) is 46.4 Å². The number of carbonyl (C=O) groups excluding carboxylic acids is 1. The van der Waals surface area contributed by atoms with Crippen LogP contribution in [0.3, 0.4) is 0 Å². The molecule has 0 fully saturated rings. The van der Waals surface area contributed by atoms with E-state index in [2.05, 4.69) is 21.2 Å². The Labute approximate surface area is 186 Å². The number of nitrogens with zero attached hydrogens (tertiary/aromatic N) is 1. The van der Waals surface area contributed by atoms with Crippen LogP contribution >= 0.6 is 15.9 Å². The Bertz CT molecular complexity index is 991. The van der Waals surface area contributed by atoms with Gasteiger partial charge in [0.2, 0.25) is 10.0 Å². The molecule has 1 N–H and O–H groups in total. The van der Waals surface area contributed by atoms with Gasteiger partial charge in [0.15, 0.2) is 6.61 Å². The first-order chi connectivity index (χ1) is 14.2. The highest BCUT2D eigenvalue weighted by Gasteiger charge is 2.26. The summed E-state index contributed by atoms with van der Waals surface area (Å²) in [5, 5.41) is 2.68. The van der Waals surface area contributed by atoms with Crippen molar-refractivity contribution < 1.29 is 22.7 Å². The number of benzene rings is 2. The molecule has 2 aromatic rings. The number of ether oxygens (including phenoxy) is 2. The Morgan fingerprint density at radius 2 is 1.70 bits per heavy atom. The van der Waals surface area contributed by atoms with E-state index in [0.717, 1.165) is 10.0 Å². The molecule has 0 heterocycles. The van der Waals surface area contributed by atoms with Crippen LogP contribution in [0.4, 0.5) is 5.69 Å². The average molecular weight is 499 g/mol. The monoisotopic (exact) mass is 498 g/mol. The second-order valence-electron chi connectivity index (χ2n) is 6.45. The Morgan fingerprint density at radius 3 is 2.30 bits per heavy atom. The highest BCUT2D eigenvalue weighted by atomic mass is 79.9. The summed E-state index contributed by atoms with van der Waals surface area (Å²) in [5.41, 5.74) is 1.41. The first-order valence-electron chi connectivity index (χ1n) is 9.68. The van der Waals surface area contributed by atoms with Crippen LogP contribution in [-0.2, 0) is 14.8 Å². The molecule has 0 saturated heterocycles. The molecule has 2 aromatic carbocycles. The lowest BCUT2D eigenvalue weighted by Crippen LogP contribution is -2.31. The van der Waals surface area contributed by atoms with Gasteiger partial charge in [-0.05, 0) is 65.7 Å². The molecule has 0 bridgehead atoms. The van der Waals surface area contributed by atoms with Gasteiger partial charge in [-0.25, -0.2) is 8.42 Å². The predicted molar refractivity (Wildman–Crippen MR) is 121 cm³/mol. The largest absolute Gasteiger partial charge is 0.492 e. The fraction of sp³-hybridized carbons (Fsp3) is 0.381. The van der Waals surface area contributed by atoms with Crippen molar-refractivity contribution in [1.82, 2.24) is 4.31 Å². The Balaban J connectivity index is 2.20. The molecule has 0 aliphatic heterocycles. The van der Waals surface area contributed by atoms with Crippen molar-refractivity contribution in [3.8, 4) is 11.5 Å². The Hall–Kier alpha value is -2.10. The molecule has 0 radical (unpaired) electrons. The lowest BCUT2D eigenvalue weighted by atomic mass is 10.2. The summed E-state index contributed by atoms with van der Waals surface area (Å²) in [6, 6.07) is 10.1. The third-order valence-electron chi connectivity index (χ3n) is 4.30. The van der Waals surface area contributed by atoms with E-state index >= 15 is 0 Å². The van der Waals surface area contributed by atoms with Gasteiger partial charge in [-0.2, -0.15) is 4.31 Å². The topological polar surface area (TPSA) is 84.9 Å². The summed E-state index contributed by atoms with van der Waals surface area (Å²) in [6.07, 6.45) is 0. The van der Waals surface area contributed by atoms with E-state index in [1.165, 1.54) is 10.4 Å². The normalized spacial score (nSPS) is 11.4. The van der Waals surface area contributed by atoms with Gasteiger partial charge in [-0.1, -0.05) is 19.9 Å². The van der Waals surface area contributed by atoms with Crippen molar-refractivity contribution in [2.45, 2.75) is 32.6 Å². The number of carbonyl (C=O) groups is 1. The second-order valence-corrected chi connectivity index (χ2v) is 9.22. The van der Waals surface area contributed by atoms with E-state index in [-0.39, 0.29) is 17.3 Å². The lowest BCUT2D eigenvalue weighted by molar-refractivity contribution is -0.118. The first kappa shape index (κ1) is 24.2. The maximum absolute atomic E-state index is 13.0. The molecule has 164 valence electrons. The smallest absolute Gasteiger partial charge is 0.262 e. The van der Waals surface area contributed by atoms with Crippen molar-refractivity contribution in [2.24, 2.45) is 0 Å². The quantitative estimate of drug-likeness (QED) is 0.530. The van der Waals surface area contributed by atoms with E-state index in [1.807, 2.05) is 19.1 Å². The van der Waals surface area contributed by atoms with Crippen molar-refractivity contribution in [1.29, 1.82) is 0 Å². The third kappa shape index (κ3) is 5.96. The number of hydrogen-bond acceptors (Lipinski definition) is 5. The minimum atomic E-state index is -3.76. The van der Waals surface area contributed by atoms with Crippen LogP contribution in [0, 0.1) is 6.92 Å². The fourth-order valence-corrected chi connectivity index (χ4v) is 5.05. The number of halogens is 1. The van der Waals surface area contributed by atoms with Crippen molar-refractivity contribution in [2.75, 3.05) is 31.6 Å². The molecule has 30 heavy (non-hydrogen) atoms. The number of nitrogens with one attached hydrogen (secondary N) is 1. The van der Waals surface area contributed by atoms with Gasteiger partial charge in [0.05, 0.1) is 11.1 Å². The van der Waals surface area contributed by atoms with Gasteiger partial charge in [-0.15, -0.1) is 0 Å². The number of hydrogen-bond donors (Lipinski definition) is 1. The number of sulfonamides is 1. The summed E-state index contributed by atoms with van der Waals surface area (Å²) in [6.45, 7) is 8.06. The molecule has 2 rings (SSSR count). The molecular formula is C21H27BrN2O5S. The molecule has 0 saturated carbocycles. The van der Waals surface area contributed by atoms with Crippen LogP contribution in [0.25, 0.3) is 0 Å². The van der Waals surface area contributed by atoms with Gasteiger partial charge in [0.25, 0.3) is 5.91 Å². The van der Waals surface area contributed by atoms with Gasteiger partial charge < -0.3 is 14.8 Å². The van der Waals surface area contributed by atoms with Gasteiger partial charge >= 0.3 is 0 Å². The van der Waals surface area contributed by atoms with Crippen molar-refractivity contribution >= 4 is 37.5 Å². The first-order valence-corrected chi connectivity index (χ1v) is 11.9. The van der Waals surface area contributed by atoms with Crippen LogP contribution in [-0.4, -0.2) is 44.9 Å².